The number of thiol groups is 1. The molecule has 0 aliphatic carbocycles. The van der Waals surface area contributed by atoms with Gasteiger partial charge in [0, 0.05) is 10.5 Å². The standard InChI is InChI=1S/C8H10O2S/c1-5-6(9)3-4-7(11)8(5)10-2/h3-4,9,11H,1-2H3. The first kappa shape index (κ1) is 8.27. The van der Waals surface area contributed by atoms with Crippen molar-refractivity contribution in [3.8, 4) is 11.5 Å². The van der Waals surface area contributed by atoms with E-state index >= 15 is 0 Å². The number of aromatic hydroxyl groups is 1. The first-order valence-electron chi connectivity index (χ1n) is 3.22. The summed E-state index contributed by atoms with van der Waals surface area (Å²) >= 11 is 4.16. The molecule has 60 valence electrons. The third-order valence-corrected chi connectivity index (χ3v) is 1.91. The lowest BCUT2D eigenvalue weighted by molar-refractivity contribution is 0.393. The van der Waals surface area contributed by atoms with Crippen molar-refractivity contribution >= 4 is 12.6 Å². The van der Waals surface area contributed by atoms with Gasteiger partial charge in [0.25, 0.3) is 0 Å². The van der Waals surface area contributed by atoms with Crippen LogP contribution in [0.4, 0.5) is 0 Å². The van der Waals surface area contributed by atoms with Gasteiger partial charge in [-0.25, -0.2) is 0 Å². The van der Waals surface area contributed by atoms with E-state index in [0.29, 0.717) is 5.75 Å². The third-order valence-electron chi connectivity index (χ3n) is 1.56. The molecular formula is C8H10O2S. The second-order valence-electron chi connectivity index (χ2n) is 2.26. The molecule has 3 heteroatoms. The molecule has 0 unspecified atom stereocenters. The van der Waals surface area contributed by atoms with Crippen molar-refractivity contribution in [3.05, 3.63) is 17.7 Å². The molecule has 1 aromatic carbocycles. The van der Waals surface area contributed by atoms with Crippen molar-refractivity contribution in [1.82, 2.24) is 0 Å². The van der Waals surface area contributed by atoms with Crippen LogP contribution < -0.4 is 4.74 Å². The maximum Gasteiger partial charge on any atom is 0.138 e. The molecule has 0 saturated carbocycles. The number of phenolic OH excluding ortho intramolecular Hbond substituents is 1. The number of hydrogen-bond donors (Lipinski definition) is 2. The number of benzene rings is 1. The van der Waals surface area contributed by atoms with Crippen molar-refractivity contribution < 1.29 is 9.84 Å². The molecule has 11 heavy (non-hydrogen) atoms. The average Bonchev–Trinajstić information content (AvgIpc) is 1.99. The molecule has 0 bridgehead atoms. The Morgan fingerprint density at radius 3 is 2.55 bits per heavy atom. The zero-order valence-corrected chi connectivity index (χ0v) is 7.35. The van der Waals surface area contributed by atoms with E-state index in [-0.39, 0.29) is 5.75 Å². The molecule has 2 nitrogen and oxygen atoms in total. The second-order valence-corrected chi connectivity index (χ2v) is 2.74. The highest BCUT2D eigenvalue weighted by atomic mass is 32.1. The molecule has 0 fully saturated rings. The monoisotopic (exact) mass is 170 g/mol. The maximum atomic E-state index is 9.24. The van der Waals surface area contributed by atoms with E-state index in [1.165, 1.54) is 0 Å². The molecule has 1 aromatic rings. The summed E-state index contributed by atoms with van der Waals surface area (Å²) in [7, 11) is 1.56. The average molecular weight is 170 g/mol. The molecule has 0 saturated heterocycles. The Morgan fingerprint density at radius 1 is 1.45 bits per heavy atom. The Labute approximate surface area is 71.2 Å². The number of ether oxygens (including phenoxy) is 1. The summed E-state index contributed by atoms with van der Waals surface area (Å²) in [4.78, 5) is 0.739. The summed E-state index contributed by atoms with van der Waals surface area (Å²) in [5, 5.41) is 9.24. The smallest absolute Gasteiger partial charge is 0.138 e. The topological polar surface area (TPSA) is 29.5 Å². The summed E-state index contributed by atoms with van der Waals surface area (Å²) in [6, 6.07) is 3.30. The summed E-state index contributed by atoms with van der Waals surface area (Å²) in [6.07, 6.45) is 0. The SMILES string of the molecule is COc1c(S)ccc(O)c1C. The first-order chi connectivity index (χ1) is 5.16. The molecular weight excluding hydrogens is 160 g/mol. The summed E-state index contributed by atoms with van der Waals surface area (Å²) in [5.41, 5.74) is 0.722. The van der Waals surface area contributed by atoms with Gasteiger partial charge in [-0.3, -0.25) is 0 Å². The van der Waals surface area contributed by atoms with E-state index < -0.39 is 0 Å². The lowest BCUT2D eigenvalue weighted by Gasteiger charge is -2.07. The molecule has 0 aliphatic heterocycles. The van der Waals surface area contributed by atoms with Crippen LogP contribution in [-0.4, -0.2) is 12.2 Å². The van der Waals surface area contributed by atoms with Gasteiger partial charge in [-0.15, -0.1) is 12.6 Å². The quantitative estimate of drug-likeness (QED) is 0.631. The molecule has 0 atom stereocenters. The molecule has 0 aliphatic rings. The first-order valence-corrected chi connectivity index (χ1v) is 3.67. The lowest BCUT2D eigenvalue weighted by atomic mass is 10.2. The van der Waals surface area contributed by atoms with Crippen molar-refractivity contribution in [3.63, 3.8) is 0 Å². The van der Waals surface area contributed by atoms with Crippen molar-refractivity contribution in [2.24, 2.45) is 0 Å². The highest BCUT2D eigenvalue weighted by Crippen LogP contribution is 2.32. The van der Waals surface area contributed by atoms with E-state index in [2.05, 4.69) is 12.6 Å². The summed E-state index contributed by atoms with van der Waals surface area (Å²) in [5.74, 6) is 0.869. The highest BCUT2D eigenvalue weighted by molar-refractivity contribution is 7.80. The molecule has 0 radical (unpaired) electrons. The maximum absolute atomic E-state index is 9.24. The van der Waals surface area contributed by atoms with Crippen LogP contribution in [0, 0.1) is 6.92 Å². The van der Waals surface area contributed by atoms with Crippen LogP contribution in [0.15, 0.2) is 17.0 Å². The largest absolute Gasteiger partial charge is 0.508 e. The van der Waals surface area contributed by atoms with Crippen molar-refractivity contribution in [2.75, 3.05) is 7.11 Å². The molecule has 0 spiro atoms. The predicted octanol–water partition coefficient (Wildman–Crippen LogP) is 2.00. The van der Waals surface area contributed by atoms with E-state index in [1.54, 1.807) is 26.2 Å². The second kappa shape index (κ2) is 3.05. The molecule has 0 amide bonds. The van der Waals surface area contributed by atoms with Gasteiger partial charge < -0.3 is 9.84 Å². The van der Waals surface area contributed by atoms with Crippen LogP contribution in [-0.2, 0) is 0 Å². The Kier molecular flexibility index (Phi) is 2.29. The zero-order chi connectivity index (χ0) is 8.43. The van der Waals surface area contributed by atoms with Gasteiger partial charge in [-0.1, -0.05) is 0 Å². The van der Waals surface area contributed by atoms with Gasteiger partial charge in [-0.2, -0.15) is 0 Å². The minimum absolute atomic E-state index is 0.236. The predicted molar refractivity (Wildman–Crippen MR) is 46.6 cm³/mol. The fourth-order valence-corrected chi connectivity index (χ4v) is 1.26. The van der Waals surface area contributed by atoms with Gasteiger partial charge in [0.1, 0.15) is 11.5 Å². The molecule has 1 N–H and O–H groups in total. The Bertz CT molecular complexity index is 271. The zero-order valence-electron chi connectivity index (χ0n) is 6.46. The van der Waals surface area contributed by atoms with E-state index in [0.717, 1.165) is 10.5 Å². The van der Waals surface area contributed by atoms with Crippen LogP contribution in [0.2, 0.25) is 0 Å². The van der Waals surface area contributed by atoms with Gasteiger partial charge in [0.15, 0.2) is 0 Å². The Balaban J connectivity index is 3.29. The van der Waals surface area contributed by atoms with Crippen molar-refractivity contribution in [2.45, 2.75) is 11.8 Å². The Morgan fingerprint density at radius 2 is 2.09 bits per heavy atom. The number of phenols is 1. The van der Waals surface area contributed by atoms with Crippen LogP contribution in [0.5, 0.6) is 11.5 Å². The van der Waals surface area contributed by atoms with Crippen LogP contribution in [0.1, 0.15) is 5.56 Å². The fourth-order valence-electron chi connectivity index (χ4n) is 0.925. The molecule has 0 aromatic heterocycles. The normalized spacial score (nSPS) is 9.73. The van der Waals surface area contributed by atoms with Crippen LogP contribution in [0.3, 0.4) is 0 Å². The van der Waals surface area contributed by atoms with Crippen LogP contribution in [0.25, 0.3) is 0 Å². The number of methoxy groups -OCH3 is 1. The van der Waals surface area contributed by atoms with Gasteiger partial charge in [0.2, 0.25) is 0 Å². The van der Waals surface area contributed by atoms with E-state index in [4.69, 9.17) is 4.74 Å². The number of rotatable bonds is 1. The minimum Gasteiger partial charge on any atom is -0.508 e. The van der Waals surface area contributed by atoms with Crippen molar-refractivity contribution in [1.29, 1.82) is 0 Å². The van der Waals surface area contributed by atoms with Gasteiger partial charge in [-0.05, 0) is 19.1 Å². The highest BCUT2D eigenvalue weighted by Gasteiger charge is 2.05. The molecule has 1 rings (SSSR count). The summed E-state index contributed by atoms with van der Waals surface area (Å²) in [6.45, 7) is 1.79. The van der Waals surface area contributed by atoms with Crippen LogP contribution >= 0.6 is 12.6 Å². The minimum atomic E-state index is 0.236. The van der Waals surface area contributed by atoms with Gasteiger partial charge in [0.05, 0.1) is 7.11 Å². The Hall–Kier alpha value is -0.830. The van der Waals surface area contributed by atoms with E-state index in [1.807, 2.05) is 0 Å². The third kappa shape index (κ3) is 1.43. The lowest BCUT2D eigenvalue weighted by Crippen LogP contribution is -1.88. The van der Waals surface area contributed by atoms with E-state index in [9.17, 15) is 5.11 Å². The summed E-state index contributed by atoms with van der Waals surface area (Å²) < 4.78 is 5.02. The fraction of sp³-hybridized carbons (Fsp3) is 0.250. The van der Waals surface area contributed by atoms with Gasteiger partial charge >= 0.3 is 0 Å². The molecule has 0 heterocycles. The number of hydrogen-bond acceptors (Lipinski definition) is 3.